The van der Waals surface area contributed by atoms with E-state index in [0.29, 0.717) is 36.9 Å². The van der Waals surface area contributed by atoms with Crippen molar-refractivity contribution in [2.24, 2.45) is 0 Å². The van der Waals surface area contributed by atoms with E-state index in [2.05, 4.69) is 0 Å². The molecule has 22 heavy (non-hydrogen) atoms. The summed E-state index contributed by atoms with van der Waals surface area (Å²) in [4.78, 5) is 11.0. The Kier molecular flexibility index (Phi) is 6.45. The average Bonchev–Trinajstić information content (AvgIpc) is 2.59. The van der Waals surface area contributed by atoms with E-state index in [1.54, 1.807) is 25.3 Å². The molecule has 0 aliphatic carbocycles. The zero-order valence-corrected chi connectivity index (χ0v) is 12.7. The summed E-state index contributed by atoms with van der Waals surface area (Å²) in [6.45, 7) is 1.71. The summed E-state index contributed by atoms with van der Waals surface area (Å²) in [6.07, 6.45) is 1.53. The maximum atomic E-state index is 11.0. The van der Waals surface area contributed by atoms with Crippen LogP contribution in [0, 0.1) is 0 Å². The first kappa shape index (κ1) is 16.0. The van der Waals surface area contributed by atoms with Gasteiger partial charge in [0.25, 0.3) is 0 Å². The SMILES string of the molecule is COc1ccc(OCCCOCc2ccccc2)c(C=O)c1. The number of methoxy groups -OCH3 is 1. The first-order valence-electron chi connectivity index (χ1n) is 7.21. The van der Waals surface area contributed by atoms with Crippen molar-refractivity contribution in [3.05, 3.63) is 59.7 Å². The molecular weight excluding hydrogens is 280 g/mol. The number of benzene rings is 2. The Bertz CT molecular complexity index is 581. The molecule has 0 aliphatic rings. The normalized spacial score (nSPS) is 10.2. The first-order valence-corrected chi connectivity index (χ1v) is 7.21. The van der Waals surface area contributed by atoms with Crippen LogP contribution in [0.15, 0.2) is 48.5 Å². The molecule has 0 bridgehead atoms. The lowest BCUT2D eigenvalue weighted by Gasteiger charge is -2.10. The Morgan fingerprint density at radius 1 is 1.05 bits per heavy atom. The van der Waals surface area contributed by atoms with E-state index in [4.69, 9.17) is 14.2 Å². The molecule has 0 saturated heterocycles. The van der Waals surface area contributed by atoms with Crippen LogP contribution in [-0.2, 0) is 11.3 Å². The summed E-state index contributed by atoms with van der Waals surface area (Å²) in [5, 5.41) is 0. The Morgan fingerprint density at radius 3 is 2.59 bits per heavy atom. The predicted molar refractivity (Wildman–Crippen MR) is 84.6 cm³/mol. The number of aldehydes is 1. The van der Waals surface area contributed by atoms with Gasteiger partial charge in [0.1, 0.15) is 11.5 Å². The number of carbonyl (C=O) groups excluding carboxylic acids is 1. The van der Waals surface area contributed by atoms with Gasteiger partial charge < -0.3 is 14.2 Å². The maximum absolute atomic E-state index is 11.0. The molecule has 0 radical (unpaired) electrons. The van der Waals surface area contributed by atoms with Crippen molar-refractivity contribution in [2.75, 3.05) is 20.3 Å². The van der Waals surface area contributed by atoms with Crippen LogP contribution in [0.4, 0.5) is 0 Å². The topological polar surface area (TPSA) is 44.8 Å². The molecule has 0 aliphatic heterocycles. The predicted octanol–water partition coefficient (Wildman–Crippen LogP) is 3.49. The lowest BCUT2D eigenvalue weighted by Crippen LogP contribution is -2.04. The lowest BCUT2D eigenvalue weighted by molar-refractivity contribution is 0.106. The highest BCUT2D eigenvalue weighted by molar-refractivity contribution is 5.80. The number of rotatable bonds is 9. The molecule has 0 fully saturated rings. The molecule has 0 N–H and O–H groups in total. The van der Waals surface area contributed by atoms with E-state index >= 15 is 0 Å². The smallest absolute Gasteiger partial charge is 0.153 e. The number of carbonyl (C=O) groups is 1. The highest BCUT2D eigenvalue weighted by atomic mass is 16.5. The van der Waals surface area contributed by atoms with Gasteiger partial charge in [0.05, 0.1) is 32.5 Å². The summed E-state index contributed by atoms with van der Waals surface area (Å²) in [7, 11) is 1.56. The second-order valence-electron chi connectivity index (χ2n) is 4.76. The van der Waals surface area contributed by atoms with Crippen molar-refractivity contribution < 1.29 is 19.0 Å². The standard InChI is InChI=1S/C18H20O4/c1-20-17-8-9-18(16(12-17)13-19)22-11-5-10-21-14-15-6-3-2-4-7-15/h2-4,6-9,12-13H,5,10-11,14H2,1H3. The molecule has 4 nitrogen and oxygen atoms in total. The zero-order chi connectivity index (χ0) is 15.6. The van der Waals surface area contributed by atoms with Crippen LogP contribution in [0.1, 0.15) is 22.3 Å². The molecule has 0 atom stereocenters. The third-order valence-electron chi connectivity index (χ3n) is 3.15. The summed E-state index contributed by atoms with van der Waals surface area (Å²) in [5.74, 6) is 1.21. The summed E-state index contributed by atoms with van der Waals surface area (Å²) in [5.41, 5.74) is 1.64. The fraction of sp³-hybridized carbons (Fsp3) is 0.278. The number of hydrogen-bond acceptors (Lipinski definition) is 4. The van der Waals surface area contributed by atoms with Crippen LogP contribution >= 0.6 is 0 Å². The summed E-state index contributed by atoms with van der Waals surface area (Å²) < 4.78 is 16.3. The van der Waals surface area contributed by atoms with E-state index in [1.165, 1.54) is 0 Å². The van der Waals surface area contributed by atoms with Crippen LogP contribution < -0.4 is 9.47 Å². The van der Waals surface area contributed by atoms with Gasteiger partial charge >= 0.3 is 0 Å². The lowest BCUT2D eigenvalue weighted by atomic mass is 10.2. The third kappa shape index (κ3) is 4.90. The average molecular weight is 300 g/mol. The molecule has 4 heteroatoms. The zero-order valence-electron chi connectivity index (χ0n) is 12.7. The minimum absolute atomic E-state index is 0.490. The van der Waals surface area contributed by atoms with E-state index < -0.39 is 0 Å². The highest BCUT2D eigenvalue weighted by Crippen LogP contribution is 2.22. The van der Waals surface area contributed by atoms with Crippen LogP contribution in [-0.4, -0.2) is 26.6 Å². The molecular formula is C18H20O4. The molecule has 0 heterocycles. The molecule has 0 saturated carbocycles. The van der Waals surface area contributed by atoms with E-state index in [0.717, 1.165) is 18.3 Å². The van der Waals surface area contributed by atoms with Gasteiger partial charge in [-0.2, -0.15) is 0 Å². The van der Waals surface area contributed by atoms with Crippen LogP contribution in [0.2, 0.25) is 0 Å². The largest absolute Gasteiger partial charge is 0.497 e. The van der Waals surface area contributed by atoms with Crippen molar-refractivity contribution in [1.29, 1.82) is 0 Å². The van der Waals surface area contributed by atoms with Crippen molar-refractivity contribution in [2.45, 2.75) is 13.0 Å². The Balaban J connectivity index is 1.69. The molecule has 0 amide bonds. The van der Waals surface area contributed by atoms with Crippen molar-refractivity contribution in [3.8, 4) is 11.5 Å². The van der Waals surface area contributed by atoms with E-state index in [1.807, 2.05) is 30.3 Å². The Labute approximate surface area is 130 Å². The molecule has 0 spiro atoms. The minimum atomic E-state index is 0.490. The van der Waals surface area contributed by atoms with Gasteiger partial charge in [0.2, 0.25) is 0 Å². The van der Waals surface area contributed by atoms with Crippen LogP contribution in [0.3, 0.4) is 0 Å². The molecule has 2 aromatic rings. The Morgan fingerprint density at radius 2 is 1.86 bits per heavy atom. The second-order valence-corrected chi connectivity index (χ2v) is 4.76. The van der Waals surface area contributed by atoms with Gasteiger partial charge in [0.15, 0.2) is 6.29 Å². The maximum Gasteiger partial charge on any atom is 0.153 e. The third-order valence-corrected chi connectivity index (χ3v) is 3.15. The Hall–Kier alpha value is -2.33. The fourth-order valence-corrected chi connectivity index (χ4v) is 1.98. The molecule has 0 aromatic heterocycles. The molecule has 116 valence electrons. The number of hydrogen-bond donors (Lipinski definition) is 0. The van der Waals surface area contributed by atoms with Gasteiger partial charge in [-0.25, -0.2) is 0 Å². The highest BCUT2D eigenvalue weighted by Gasteiger charge is 2.04. The fourth-order valence-electron chi connectivity index (χ4n) is 1.98. The van der Waals surface area contributed by atoms with Crippen LogP contribution in [0.25, 0.3) is 0 Å². The van der Waals surface area contributed by atoms with Crippen molar-refractivity contribution in [1.82, 2.24) is 0 Å². The van der Waals surface area contributed by atoms with Gasteiger partial charge in [-0.05, 0) is 23.8 Å². The van der Waals surface area contributed by atoms with E-state index in [9.17, 15) is 4.79 Å². The van der Waals surface area contributed by atoms with E-state index in [-0.39, 0.29) is 0 Å². The summed E-state index contributed by atoms with van der Waals surface area (Å²) >= 11 is 0. The second kappa shape index (κ2) is 8.85. The van der Waals surface area contributed by atoms with Crippen LogP contribution in [0.5, 0.6) is 11.5 Å². The minimum Gasteiger partial charge on any atom is -0.497 e. The van der Waals surface area contributed by atoms with Gasteiger partial charge in [-0.1, -0.05) is 30.3 Å². The summed E-state index contributed by atoms with van der Waals surface area (Å²) in [6, 6.07) is 15.2. The molecule has 2 aromatic carbocycles. The van der Waals surface area contributed by atoms with Gasteiger partial charge in [-0.3, -0.25) is 4.79 Å². The molecule has 2 rings (SSSR count). The van der Waals surface area contributed by atoms with Gasteiger partial charge in [0, 0.05) is 6.42 Å². The van der Waals surface area contributed by atoms with Gasteiger partial charge in [-0.15, -0.1) is 0 Å². The quantitative estimate of drug-likeness (QED) is 0.525. The monoisotopic (exact) mass is 300 g/mol. The number of ether oxygens (including phenoxy) is 3. The van der Waals surface area contributed by atoms with Crippen molar-refractivity contribution in [3.63, 3.8) is 0 Å². The molecule has 0 unspecified atom stereocenters. The first-order chi connectivity index (χ1) is 10.8. The van der Waals surface area contributed by atoms with Crippen molar-refractivity contribution >= 4 is 6.29 Å².